The minimum atomic E-state index is -0.549. The van der Waals surface area contributed by atoms with E-state index >= 15 is 0 Å². The number of nitrogens with two attached hydrogens (primary N) is 1. The topological polar surface area (TPSA) is 96.9 Å². The van der Waals surface area contributed by atoms with Gasteiger partial charge in [0.2, 0.25) is 5.91 Å². The second kappa shape index (κ2) is 8.96. The molecular formula is C10H21N3O3. The number of nitrogens with one attached hydrogen (secondary N) is 1. The SMILES string of the molecule is CCC(C(=O)NCCCCOC)C(N)=NO. The van der Waals surface area contributed by atoms with Gasteiger partial charge in [-0.05, 0) is 19.3 Å². The number of carbonyl (C=O) groups is 1. The smallest absolute Gasteiger partial charge is 0.230 e. The summed E-state index contributed by atoms with van der Waals surface area (Å²) >= 11 is 0. The minimum Gasteiger partial charge on any atom is -0.409 e. The lowest BCUT2D eigenvalue weighted by Gasteiger charge is -2.13. The van der Waals surface area contributed by atoms with E-state index in [9.17, 15) is 4.79 Å². The van der Waals surface area contributed by atoms with Crippen molar-refractivity contribution in [1.82, 2.24) is 5.32 Å². The summed E-state index contributed by atoms with van der Waals surface area (Å²) < 4.78 is 4.89. The highest BCUT2D eigenvalue weighted by atomic mass is 16.5. The highest BCUT2D eigenvalue weighted by Crippen LogP contribution is 2.02. The molecule has 0 rings (SSSR count). The molecule has 6 nitrogen and oxygen atoms in total. The molecule has 0 aromatic carbocycles. The average molecular weight is 231 g/mol. The fourth-order valence-corrected chi connectivity index (χ4v) is 1.30. The maximum atomic E-state index is 11.6. The van der Waals surface area contributed by atoms with E-state index in [0.29, 0.717) is 19.6 Å². The van der Waals surface area contributed by atoms with Crippen LogP contribution in [0.3, 0.4) is 0 Å². The van der Waals surface area contributed by atoms with Crippen molar-refractivity contribution in [2.75, 3.05) is 20.3 Å². The molecule has 0 saturated heterocycles. The van der Waals surface area contributed by atoms with Gasteiger partial charge in [0, 0.05) is 20.3 Å². The Morgan fingerprint density at radius 1 is 1.56 bits per heavy atom. The maximum Gasteiger partial charge on any atom is 0.230 e. The molecule has 0 heterocycles. The Morgan fingerprint density at radius 3 is 2.75 bits per heavy atom. The molecule has 0 radical (unpaired) electrons. The largest absolute Gasteiger partial charge is 0.409 e. The number of nitrogens with zero attached hydrogens (tertiary/aromatic N) is 1. The summed E-state index contributed by atoms with van der Waals surface area (Å²) in [5.41, 5.74) is 5.40. The molecule has 0 fully saturated rings. The molecular weight excluding hydrogens is 210 g/mol. The normalized spacial score (nSPS) is 13.5. The molecule has 0 spiro atoms. The molecule has 0 aromatic rings. The summed E-state index contributed by atoms with van der Waals surface area (Å²) in [5.74, 6) is -0.792. The molecule has 16 heavy (non-hydrogen) atoms. The van der Waals surface area contributed by atoms with Gasteiger partial charge >= 0.3 is 0 Å². The number of hydrogen-bond donors (Lipinski definition) is 3. The van der Waals surface area contributed by atoms with Crippen molar-refractivity contribution < 1.29 is 14.7 Å². The lowest BCUT2D eigenvalue weighted by molar-refractivity contribution is -0.123. The first kappa shape index (κ1) is 14.7. The zero-order valence-electron chi connectivity index (χ0n) is 9.90. The van der Waals surface area contributed by atoms with Crippen LogP contribution < -0.4 is 11.1 Å². The van der Waals surface area contributed by atoms with Crippen molar-refractivity contribution in [3.63, 3.8) is 0 Å². The van der Waals surface area contributed by atoms with E-state index in [4.69, 9.17) is 15.7 Å². The van der Waals surface area contributed by atoms with Crippen LogP contribution in [-0.2, 0) is 9.53 Å². The van der Waals surface area contributed by atoms with Gasteiger partial charge in [0.25, 0.3) is 0 Å². The molecule has 94 valence electrons. The van der Waals surface area contributed by atoms with Crippen LogP contribution in [0.1, 0.15) is 26.2 Å². The van der Waals surface area contributed by atoms with Gasteiger partial charge in [-0.3, -0.25) is 4.79 Å². The third kappa shape index (κ3) is 5.55. The number of oxime groups is 1. The molecule has 1 amide bonds. The van der Waals surface area contributed by atoms with E-state index in [-0.39, 0.29) is 11.7 Å². The van der Waals surface area contributed by atoms with Crippen LogP contribution in [0.5, 0.6) is 0 Å². The molecule has 0 aliphatic carbocycles. The van der Waals surface area contributed by atoms with Gasteiger partial charge in [0.15, 0.2) is 5.84 Å². The predicted molar refractivity (Wildman–Crippen MR) is 61.3 cm³/mol. The summed E-state index contributed by atoms with van der Waals surface area (Å²) in [7, 11) is 1.64. The number of amides is 1. The van der Waals surface area contributed by atoms with Crippen LogP contribution in [0.2, 0.25) is 0 Å². The van der Waals surface area contributed by atoms with Crippen LogP contribution in [0, 0.1) is 5.92 Å². The Balaban J connectivity index is 3.85. The zero-order valence-corrected chi connectivity index (χ0v) is 9.90. The van der Waals surface area contributed by atoms with Crippen molar-refractivity contribution in [1.29, 1.82) is 0 Å². The summed E-state index contributed by atoms with van der Waals surface area (Å²) in [5, 5.41) is 14.1. The van der Waals surface area contributed by atoms with E-state index < -0.39 is 5.92 Å². The molecule has 0 saturated carbocycles. The maximum absolute atomic E-state index is 11.6. The van der Waals surface area contributed by atoms with Gasteiger partial charge in [0.05, 0.1) is 5.92 Å². The van der Waals surface area contributed by atoms with Crippen molar-refractivity contribution in [2.45, 2.75) is 26.2 Å². The van der Waals surface area contributed by atoms with Crippen molar-refractivity contribution in [2.24, 2.45) is 16.8 Å². The molecule has 0 aliphatic rings. The number of ether oxygens (including phenoxy) is 1. The van der Waals surface area contributed by atoms with Crippen molar-refractivity contribution >= 4 is 11.7 Å². The van der Waals surface area contributed by atoms with E-state index in [2.05, 4.69) is 10.5 Å². The minimum absolute atomic E-state index is 0.0445. The highest BCUT2D eigenvalue weighted by Gasteiger charge is 2.20. The molecule has 0 aliphatic heterocycles. The second-order valence-corrected chi connectivity index (χ2v) is 3.48. The van der Waals surface area contributed by atoms with Crippen LogP contribution in [0.15, 0.2) is 5.16 Å². The number of hydrogen-bond acceptors (Lipinski definition) is 4. The standard InChI is InChI=1S/C10H21N3O3/c1-3-8(9(11)13-15)10(14)12-6-4-5-7-16-2/h8,15H,3-7H2,1-2H3,(H2,11,13)(H,12,14). The fourth-order valence-electron chi connectivity index (χ4n) is 1.30. The summed E-state index contributed by atoms with van der Waals surface area (Å²) in [4.78, 5) is 11.6. The average Bonchev–Trinajstić information content (AvgIpc) is 2.29. The van der Waals surface area contributed by atoms with Crippen molar-refractivity contribution in [3.8, 4) is 0 Å². The van der Waals surface area contributed by atoms with E-state index in [1.807, 2.05) is 6.92 Å². The monoisotopic (exact) mass is 231 g/mol. The van der Waals surface area contributed by atoms with Gasteiger partial charge in [-0.15, -0.1) is 0 Å². The number of unbranched alkanes of at least 4 members (excludes halogenated alkanes) is 1. The lowest BCUT2D eigenvalue weighted by Crippen LogP contribution is -2.39. The number of methoxy groups -OCH3 is 1. The van der Waals surface area contributed by atoms with Crippen LogP contribution in [0.4, 0.5) is 0 Å². The van der Waals surface area contributed by atoms with Gasteiger partial charge in [-0.2, -0.15) is 0 Å². The molecule has 4 N–H and O–H groups in total. The zero-order chi connectivity index (χ0) is 12.4. The number of amidine groups is 1. The second-order valence-electron chi connectivity index (χ2n) is 3.48. The third-order valence-electron chi connectivity index (χ3n) is 2.27. The molecule has 1 unspecified atom stereocenters. The summed E-state index contributed by atoms with van der Waals surface area (Å²) in [6.07, 6.45) is 2.27. The Hall–Kier alpha value is -1.30. The first-order valence-electron chi connectivity index (χ1n) is 5.41. The first-order valence-corrected chi connectivity index (χ1v) is 5.41. The molecule has 1 atom stereocenters. The van der Waals surface area contributed by atoms with Gasteiger partial charge in [-0.25, -0.2) is 0 Å². The quantitative estimate of drug-likeness (QED) is 0.184. The van der Waals surface area contributed by atoms with E-state index in [1.54, 1.807) is 7.11 Å². The third-order valence-corrected chi connectivity index (χ3v) is 2.27. The highest BCUT2D eigenvalue weighted by molar-refractivity contribution is 6.01. The lowest BCUT2D eigenvalue weighted by atomic mass is 10.0. The Bertz CT molecular complexity index is 231. The Kier molecular flexibility index (Phi) is 8.24. The molecule has 0 aromatic heterocycles. The fraction of sp³-hybridized carbons (Fsp3) is 0.800. The molecule has 0 bridgehead atoms. The van der Waals surface area contributed by atoms with Gasteiger partial charge in [0.1, 0.15) is 0 Å². The van der Waals surface area contributed by atoms with Gasteiger partial charge < -0.3 is 21.0 Å². The van der Waals surface area contributed by atoms with Crippen LogP contribution >= 0.6 is 0 Å². The Labute approximate surface area is 95.8 Å². The number of rotatable bonds is 8. The predicted octanol–water partition coefficient (Wildman–Crippen LogP) is 0.302. The molecule has 6 heteroatoms. The van der Waals surface area contributed by atoms with Crippen LogP contribution in [0.25, 0.3) is 0 Å². The summed E-state index contributed by atoms with van der Waals surface area (Å²) in [6, 6.07) is 0. The van der Waals surface area contributed by atoms with Crippen molar-refractivity contribution in [3.05, 3.63) is 0 Å². The van der Waals surface area contributed by atoms with Crippen LogP contribution in [-0.4, -0.2) is 37.2 Å². The first-order chi connectivity index (χ1) is 7.67. The van der Waals surface area contributed by atoms with E-state index in [0.717, 1.165) is 12.8 Å². The number of carbonyl (C=O) groups excluding carboxylic acids is 1. The summed E-state index contributed by atoms with van der Waals surface area (Å²) in [6.45, 7) is 3.08. The Morgan fingerprint density at radius 2 is 2.25 bits per heavy atom. The van der Waals surface area contributed by atoms with E-state index in [1.165, 1.54) is 0 Å². The van der Waals surface area contributed by atoms with Gasteiger partial charge in [-0.1, -0.05) is 12.1 Å².